The van der Waals surface area contributed by atoms with Crippen LogP contribution < -0.4 is 5.73 Å². The number of halogens is 1. The summed E-state index contributed by atoms with van der Waals surface area (Å²) in [4.78, 5) is 13.7. The van der Waals surface area contributed by atoms with Gasteiger partial charge in [0.05, 0.1) is 12.6 Å². The van der Waals surface area contributed by atoms with Gasteiger partial charge in [-0.3, -0.25) is 4.79 Å². The third-order valence-corrected chi connectivity index (χ3v) is 3.64. The Hall–Kier alpha value is -1.78. The molecule has 0 fully saturated rings. The molecule has 1 aromatic heterocycles. The molecule has 5 heteroatoms. The quantitative estimate of drug-likeness (QED) is 0.928. The van der Waals surface area contributed by atoms with E-state index in [9.17, 15) is 4.79 Å². The van der Waals surface area contributed by atoms with E-state index in [2.05, 4.69) is 6.07 Å². The standard InChI is InChI=1S/C16H18N2O2.ClH/c1-11(17)16(19)18-8-7-13-9-14(20-15(13)10-18)12-5-3-2-4-6-12;/h2-6,9,11H,7-8,10,17H2,1H3;1H/t11-;/m1./s1. The van der Waals surface area contributed by atoms with E-state index in [0.717, 1.165) is 23.5 Å². The summed E-state index contributed by atoms with van der Waals surface area (Å²) in [5.41, 5.74) is 7.92. The third kappa shape index (κ3) is 3.12. The molecule has 0 saturated carbocycles. The molecule has 2 aromatic rings. The number of nitrogens with zero attached hydrogens (tertiary/aromatic N) is 1. The maximum atomic E-state index is 11.9. The molecule has 0 unspecified atom stereocenters. The minimum atomic E-state index is -0.458. The first-order valence-electron chi connectivity index (χ1n) is 6.86. The normalized spacial score (nSPS) is 15.0. The zero-order valence-electron chi connectivity index (χ0n) is 11.9. The van der Waals surface area contributed by atoms with Gasteiger partial charge in [0, 0.05) is 12.1 Å². The summed E-state index contributed by atoms with van der Waals surface area (Å²) < 4.78 is 5.92. The molecule has 0 aliphatic carbocycles. The highest BCUT2D eigenvalue weighted by molar-refractivity contribution is 5.85. The van der Waals surface area contributed by atoms with Gasteiger partial charge in [-0.25, -0.2) is 0 Å². The van der Waals surface area contributed by atoms with Gasteiger partial charge in [-0.2, -0.15) is 0 Å². The highest BCUT2D eigenvalue weighted by Crippen LogP contribution is 2.29. The van der Waals surface area contributed by atoms with E-state index in [4.69, 9.17) is 10.2 Å². The lowest BCUT2D eigenvalue weighted by Gasteiger charge is -2.27. The van der Waals surface area contributed by atoms with Crippen LogP contribution in [-0.4, -0.2) is 23.4 Å². The molecule has 0 bridgehead atoms. The number of fused-ring (bicyclic) bond motifs is 1. The van der Waals surface area contributed by atoms with Gasteiger partial charge in [0.15, 0.2) is 0 Å². The van der Waals surface area contributed by atoms with E-state index in [1.807, 2.05) is 30.3 Å². The second kappa shape index (κ2) is 6.33. The number of benzene rings is 1. The predicted octanol–water partition coefficient (Wildman–Crippen LogP) is 2.60. The van der Waals surface area contributed by atoms with Crippen molar-refractivity contribution in [2.24, 2.45) is 5.73 Å². The molecular formula is C16H19ClN2O2. The van der Waals surface area contributed by atoms with Crippen LogP contribution in [0.2, 0.25) is 0 Å². The molecule has 4 nitrogen and oxygen atoms in total. The summed E-state index contributed by atoms with van der Waals surface area (Å²) in [7, 11) is 0. The SMILES string of the molecule is C[C@@H](N)C(=O)N1CCc2cc(-c3ccccc3)oc2C1.Cl. The molecular weight excluding hydrogens is 288 g/mol. The van der Waals surface area contributed by atoms with E-state index < -0.39 is 6.04 Å². The van der Waals surface area contributed by atoms with Crippen molar-refractivity contribution in [2.45, 2.75) is 25.9 Å². The average Bonchev–Trinajstić information content (AvgIpc) is 2.90. The molecule has 2 heterocycles. The lowest BCUT2D eigenvalue weighted by molar-refractivity contribution is -0.133. The van der Waals surface area contributed by atoms with Crippen LogP contribution in [0.25, 0.3) is 11.3 Å². The van der Waals surface area contributed by atoms with Crippen LogP contribution in [0, 0.1) is 0 Å². The highest BCUT2D eigenvalue weighted by Gasteiger charge is 2.25. The van der Waals surface area contributed by atoms with Gasteiger partial charge in [-0.05, 0) is 25.0 Å². The molecule has 0 radical (unpaired) electrons. The number of furan rings is 1. The van der Waals surface area contributed by atoms with Gasteiger partial charge in [0.2, 0.25) is 5.91 Å². The Bertz CT molecular complexity index is 622. The summed E-state index contributed by atoms with van der Waals surface area (Å²) in [6.07, 6.45) is 0.824. The van der Waals surface area contributed by atoms with E-state index >= 15 is 0 Å². The molecule has 1 amide bonds. The smallest absolute Gasteiger partial charge is 0.239 e. The second-order valence-corrected chi connectivity index (χ2v) is 5.22. The van der Waals surface area contributed by atoms with Crippen molar-refractivity contribution < 1.29 is 9.21 Å². The van der Waals surface area contributed by atoms with Crippen molar-refractivity contribution in [3.8, 4) is 11.3 Å². The maximum absolute atomic E-state index is 11.9. The van der Waals surface area contributed by atoms with E-state index in [1.54, 1.807) is 11.8 Å². The number of rotatable bonds is 2. The van der Waals surface area contributed by atoms with Gasteiger partial charge in [0.1, 0.15) is 11.5 Å². The molecule has 112 valence electrons. The predicted molar refractivity (Wildman–Crippen MR) is 84.2 cm³/mol. The number of carbonyl (C=O) groups excluding carboxylic acids is 1. The van der Waals surface area contributed by atoms with Crippen LogP contribution in [0.15, 0.2) is 40.8 Å². The van der Waals surface area contributed by atoms with Gasteiger partial charge >= 0.3 is 0 Å². The zero-order valence-corrected chi connectivity index (χ0v) is 12.7. The van der Waals surface area contributed by atoms with E-state index in [0.29, 0.717) is 13.1 Å². The van der Waals surface area contributed by atoms with Crippen molar-refractivity contribution >= 4 is 18.3 Å². The third-order valence-electron chi connectivity index (χ3n) is 3.64. The fourth-order valence-corrected chi connectivity index (χ4v) is 2.54. The molecule has 1 aliphatic heterocycles. The molecule has 1 aromatic carbocycles. The minimum Gasteiger partial charge on any atom is -0.459 e. The number of amides is 1. The summed E-state index contributed by atoms with van der Waals surface area (Å²) in [6, 6.07) is 11.6. The summed E-state index contributed by atoms with van der Waals surface area (Å²) in [5.74, 6) is 1.73. The topological polar surface area (TPSA) is 59.5 Å². The van der Waals surface area contributed by atoms with Gasteiger partial charge in [-0.15, -0.1) is 12.4 Å². The minimum absolute atomic E-state index is 0. The fourth-order valence-electron chi connectivity index (χ4n) is 2.54. The van der Waals surface area contributed by atoms with Crippen LogP contribution in [0.4, 0.5) is 0 Å². The molecule has 21 heavy (non-hydrogen) atoms. The van der Waals surface area contributed by atoms with Crippen molar-refractivity contribution in [1.29, 1.82) is 0 Å². The van der Waals surface area contributed by atoms with Gasteiger partial charge < -0.3 is 15.1 Å². The van der Waals surface area contributed by atoms with Crippen LogP contribution in [-0.2, 0) is 17.8 Å². The largest absolute Gasteiger partial charge is 0.459 e. The first-order chi connectivity index (χ1) is 9.65. The van der Waals surface area contributed by atoms with Crippen LogP contribution in [0.1, 0.15) is 18.2 Å². The fraction of sp³-hybridized carbons (Fsp3) is 0.312. The second-order valence-electron chi connectivity index (χ2n) is 5.22. The lowest BCUT2D eigenvalue weighted by Crippen LogP contribution is -2.44. The Morgan fingerprint density at radius 3 is 2.71 bits per heavy atom. The van der Waals surface area contributed by atoms with Gasteiger partial charge in [-0.1, -0.05) is 30.3 Å². The van der Waals surface area contributed by atoms with E-state index in [-0.39, 0.29) is 18.3 Å². The average molecular weight is 307 g/mol. The molecule has 1 aliphatic rings. The first-order valence-corrected chi connectivity index (χ1v) is 6.86. The Labute approximate surface area is 130 Å². The maximum Gasteiger partial charge on any atom is 0.239 e. The summed E-state index contributed by atoms with van der Waals surface area (Å²) >= 11 is 0. The molecule has 1 atom stereocenters. The van der Waals surface area contributed by atoms with Crippen LogP contribution in [0.5, 0.6) is 0 Å². The van der Waals surface area contributed by atoms with Crippen molar-refractivity contribution in [2.75, 3.05) is 6.54 Å². The Morgan fingerprint density at radius 2 is 2.05 bits per heavy atom. The van der Waals surface area contributed by atoms with Gasteiger partial charge in [0.25, 0.3) is 0 Å². The van der Waals surface area contributed by atoms with E-state index in [1.165, 1.54) is 5.56 Å². The van der Waals surface area contributed by atoms with Crippen molar-refractivity contribution in [3.05, 3.63) is 47.7 Å². The number of hydrogen-bond acceptors (Lipinski definition) is 3. The molecule has 0 saturated heterocycles. The molecule has 0 spiro atoms. The number of hydrogen-bond donors (Lipinski definition) is 1. The lowest BCUT2D eigenvalue weighted by atomic mass is 10.1. The zero-order chi connectivity index (χ0) is 14.1. The van der Waals surface area contributed by atoms with Crippen molar-refractivity contribution in [3.63, 3.8) is 0 Å². The Morgan fingerprint density at radius 1 is 1.33 bits per heavy atom. The summed E-state index contributed by atoms with van der Waals surface area (Å²) in [5, 5.41) is 0. The summed E-state index contributed by atoms with van der Waals surface area (Å²) in [6.45, 7) is 2.94. The Kier molecular flexibility index (Phi) is 4.70. The molecule has 2 N–H and O–H groups in total. The Balaban J connectivity index is 0.00000161. The highest BCUT2D eigenvalue weighted by atomic mass is 35.5. The number of carbonyl (C=O) groups is 1. The molecule has 3 rings (SSSR count). The van der Waals surface area contributed by atoms with Crippen LogP contribution in [0.3, 0.4) is 0 Å². The van der Waals surface area contributed by atoms with Crippen LogP contribution >= 0.6 is 12.4 Å². The van der Waals surface area contributed by atoms with Crippen molar-refractivity contribution in [1.82, 2.24) is 4.90 Å². The monoisotopic (exact) mass is 306 g/mol. The first kappa shape index (κ1) is 15.6. The number of nitrogens with two attached hydrogens (primary N) is 1.